The van der Waals surface area contributed by atoms with Crippen molar-refractivity contribution in [3.8, 4) is 5.75 Å². The van der Waals surface area contributed by atoms with E-state index in [1.54, 1.807) is 28.7 Å². The number of rotatable bonds is 5. The molecule has 0 aliphatic carbocycles. The maximum atomic E-state index is 13.8. The van der Waals surface area contributed by atoms with Crippen LogP contribution in [0.5, 0.6) is 5.75 Å². The van der Waals surface area contributed by atoms with Crippen LogP contribution < -0.4 is 5.11 Å². The van der Waals surface area contributed by atoms with E-state index in [2.05, 4.69) is 4.74 Å². The summed E-state index contributed by atoms with van der Waals surface area (Å²) in [6.07, 6.45) is -1.52. The molecule has 2 aromatic rings. The lowest BCUT2D eigenvalue weighted by Crippen LogP contribution is -2.47. The van der Waals surface area contributed by atoms with Gasteiger partial charge in [-0.1, -0.05) is 0 Å². The predicted octanol–water partition coefficient (Wildman–Crippen LogP) is 2.48. The third-order valence-corrected chi connectivity index (χ3v) is 4.32. The lowest BCUT2D eigenvalue weighted by Gasteiger charge is -2.26. The number of hydrogen-bond donors (Lipinski definition) is 1. The Morgan fingerprint density at radius 3 is 2.54 bits per heavy atom. The Kier molecular flexibility index (Phi) is 5.67. The smallest absolute Gasteiger partial charge is 0.342 e. The van der Waals surface area contributed by atoms with E-state index in [9.17, 15) is 28.6 Å². The molecule has 0 radical (unpaired) electrons. The molecule has 0 amide bonds. The molecule has 0 saturated carbocycles. The number of ether oxygens (including phenoxy) is 1. The number of carbonyl (C=O) groups excluding carboxylic acids is 2. The van der Waals surface area contributed by atoms with Gasteiger partial charge in [-0.3, -0.25) is 0 Å². The maximum Gasteiger partial charge on any atom is 0.342 e. The van der Waals surface area contributed by atoms with E-state index >= 15 is 0 Å². The van der Waals surface area contributed by atoms with Crippen LogP contribution in [0.15, 0.2) is 34.9 Å². The quantitative estimate of drug-likeness (QED) is 0.444. The van der Waals surface area contributed by atoms with Crippen LogP contribution >= 0.6 is 45.2 Å². The molecule has 1 aromatic heterocycles. The molecule has 6 nitrogen and oxygen atoms in total. The van der Waals surface area contributed by atoms with Crippen molar-refractivity contribution in [2.24, 2.45) is 0 Å². The van der Waals surface area contributed by atoms with E-state index in [0.29, 0.717) is 7.14 Å². The van der Waals surface area contributed by atoms with Gasteiger partial charge in [0.2, 0.25) is 6.10 Å². The predicted molar refractivity (Wildman–Crippen MR) is 90.4 cm³/mol. The van der Waals surface area contributed by atoms with Gasteiger partial charge in [0.05, 0.1) is 9.83 Å². The van der Waals surface area contributed by atoms with Crippen molar-refractivity contribution < 1.29 is 37.7 Å². The van der Waals surface area contributed by atoms with Crippen LogP contribution in [0.3, 0.4) is 0 Å². The topological polar surface area (TPSA) is 99.8 Å². The molecule has 1 heterocycles. The second-order valence-electron chi connectivity index (χ2n) is 4.49. The molecule has 0 fully saturated rings. The first-order valence-electron chi connectivity index (χ1n) is 6.16. The molecule has 0 aliphatic heterocycles. The Balaban J connectivity index is 2.41. The minimum atomic E-state index is -4.53. The van der Waals surface area contributed by atoms with Gasteiger partial charge >= 0.3 is 11.9 Å². The van der Waals surface area contributed by atoms with Crippen LogP contribution in [0.1, 0.15) is 22.2 Å². The molecular weight excluding hydrogens is 556 g/mol. The summed E-state index contributed by atoms with van der Waals surface area (Å²) in [5, 5.41) is 20.6. The van der Waals surface area contributed by atoms with Gasteiger partial charge in [-0.25, -0.2) is 4.79 Å². The van der Waals surface area contributed by atoms with Crippen molar-refractivity contribution >= 4 is 57.1 Å². The first-order chi connectivity index (χ1) is 11.1. The zero-order valence-corrected chi connectivity index (χ0v) is 15.8. The number of aliphatic carboxylic acids is 1. The molecule has 0 bridgehead atoms. The molecule has 1 atom stereocenters. The van der Waals surface area contributed by atoms with Gasteiger partial charge < -0.3 is 24.2 Å². The van der Waals surface area contributed by atoms with E-state index in [-0.39, 0.29) is 5.56 Å². The average Bonchev–Trinajstić information content (AvgIpc) is 3.01. The van der Waals surface area contributed by atoms with Crippen LogP contribution in [0, 0.1) is 7.14 Å². The number of furan rings is 1. The van der Waals surface area contributed by atoms with Gasteiger partial charge in [-0.15, -0.1) is 0 Å². The number of halogens is 4. The molecular formula is C14H7F2I2O6-. The number of phenolic OH excluding ortho intramolecular Hbond substituents is 1. The van der Waals surface area contributed by atoms with E-state index in [1.807, 2.05) is 22.6 Å². The van der Waals surface area contributed by atoms with Crippen LogP contribution in [0.25, 0.3) is 0 Å². The van der Waals surface area contributed by atoms with Gasteiger partial charge in [-0.2, -0.15) is 8.78 Å². The fourth-order valence-electron chi connectivity index (χ4n) is 1.75. The number of alkyl halides is 2. The Labute approximate surface area is 161 Å². The molecule has 10 heteroatoms. The lowest BCUT2D eigenvalue weighted by molar-refractivity contribution is -0.336. The number of aromatic hydroxyl groups is 1. The van der Waals surface area contributed by atoms with Crippen LogP contribution in [-0.4, -0.2) is 23.0 Å². The van der Waals surface area contributed by atoms with Gasteiger partial charge in [0.25, 0.3) is 0 Å². The standard InChI is InChI=1S/C14H8F2I2O6/c15-14(16,13(21)22)11(9-2-1-3-23-9)24-12(20)7-4-6(17)5-8(18)10(7)19/h1-5,11,19H,(H,21,22)/p-1. The van der Waals surface area contributed by atoms with Crippen molar-refractivity contribution in [1.82, 2.24) is 0 Å². The van der Waals surface area contributed by atoms with E-state index in [4.69, 9.17) is 4.42 Å². The second-order valence-corrected chi connectivity index (χ2v) is 6.90. The molecule has 1 unspecified atom stereocenters. The number of carboxylic acid groups (broad SMARTS) is 1. The van der Waals surface area contributed by atoms with Crippen molar-refractivity contribution in [3.63, 3.8) is 0 Å². The summed E-state index contributed by atoms with van der Waals surface area (Å²) in [6, 6.07) is 5.03. The Morgan fingerprint density at radius 1 is 1.33 bits per heavy atom. The SMILES string of the molecule is O=C(OC(c1ccco1)C(F)(F)C(=O)[O-])c1cc(I)cc(I)c1O. The van der Waals surface area contributed by atoms with Gasteiger partial charge in [0, 0.05) is 3.57 Å². The summed E-state index contributed by atoms with van der Waals surface area (Å²) >= 11 is 3.60. The van der Waals surface area contributed by atoms with E-state index in [0.717, 1.165) is 12.3 Å². The average molecular weight is 563 g/mol. The van der Waals surface area contributed by atoms with Crippen molar-refractivity contribution in [1.29, 1.82) is 0 Å². The lowest BCUT2D eigenvalue weighted by atomic mass is 10.1. The summed E-state index contributed by atoms with van der Waals surface area (Å²) in [5.41, 5.74) is -0.378. The normalized spacial score (nSPS) is 12.7. The summed E-state index contributed by atoms with van der Waals surface area (Å²) < 4.78 is 37.9. The minimum Gasteiger partial charge on any atom is -0.544 e. The summed E-state index contributed by atoms with van der Waals surface area (Å²) in [5.74, 6) is -9.61. The zero-order chi connectivity index (χ0) is 18.1. The summed E-state index contributed by atoms with van der Waals surface area (Å²) in [4.78, 5) is 22.9. The molecule has 1 aromatic carbocycles. The van der Waals surface area contributed by atoms with Gasteiger partial charge in [0.15, 0.2) is 5.76 Å². The highest BCUT2D eigenvalue weighted by atomic mass is 127. The zero-order valence-electron chi connectivity index (χ0n) is 11.5. The van der Waals surface area contributed by atoms with Crippen molar-refractivity contribution in [3.05, 3.63) is 49.0 Å². The third kappa shape index (κ3) is 3.79. The Morgan fingerprint density at radius 2 is 2.00 bits per heavy atom. The first-order valence-corrected chi connectivity index (χ1v) is 8.32. The molecule has 0 saturated heterocycles. The molecule has 128 valence electrons. The van der Waals surface area contributed by atoms with Crippen molar-refractivity contribution in [2.75, 3.05) is 0 Å². The van der Waals surface area contributed by atoms with E-state index in [1.165, 1.54) is 12.1 Å². The highest BCUT2D eigenvalue weighted by molar-refractivity contribution is 14.1. The molecule has 2 rings (SSSR count). The van der Waals surface area contributed by atoms with Crippen LogP contribution in [0.4, 0.5) is 8.78 Å². The first kappa shape index (κ1) is 18.9. The highest BCUT2D eigenvalue weighted by Crippen LogP contribution is 2.36. The Bertz CT molecular complexity index is 776. The van der Waals surface area contributed by atoms with Crippen LogP contribution in [-0.2, 0) is 9.53 Å². The van der Waals surface area contributed by atoms with E-state index < -0.39 is 35.5 Å². The monoisotopic (exact) mass is 563 g/mol. The summed E-state index contributed by atoms with van der Waals surface area (Å²) in [7, 11) is 0. The largest absolute Gasteiger partial charge is 0.544 e. The molecule has 0 spiro atoms. The maximum absolute atomic E-state index is 13.8. The fraction of sp³-hybridized carbons (Fsp3) is 0.143. The fourth-order valence-corrected chi connectivity index (χ4v) is 3.60. The highest BCUT2D eigenvalue weighted by Gasteiger charge is 2.47. The van der Waals surface area contributed by atoms with Crippen molar-refractivity contribution in [2.45, 2.75) is 12.0 Å². The number of hydrogen-bond acceptors (Lipinski definition) is 6. The number of esters is 1. The molecule has 0 aliphatic rings. The van der Waals surface area contributed by atoms with Crippen LogP contribution in [0.2, 0.25) is 0 Å². The number of phenols is 1. The minimum absolute atomic E-state index is 0.299. The van der Waals surface area contributed by atoms with Gasteiger partial charge in [-0.05, 0) is 69.4 Å². The summed E-state index contributed by atoms with van der Waals surface area (Å²) in [6.45, 7) is 0. The molecule has 24 heavy (non-hydrogen) atoms. The number of benzene rings is 1. The molecule has 1 N–H and O–H groups in total. The second kappa shape index (κ2) is 7.21. The third-order valence-electron chi connectivity index (χ3n) is 2.88. The number of carbonyl (C=O) groups is 2. The van der Waals surface area contributed by atoms with Gasteiger partial charge in [0.1, 0.15) is 17.3 Å². The number of carboxylic acids is 1. The Hall–Kier alpha value is -1.44.